The molecule has 1 fully saturated rings. The van der Waals surface area contributed by atoms with E-state index in [0.29, 0.717) is 30.1 Å². The van der Waals surface area contributed by atoms with Crippen LogP contribution in [0.4, 0.5) is 0 Å². The van der Waals surface area contributed by atoms with Gasteiger partial charge in [0.05, 0.1) is 5.76 Å². The Morgan fingerprint density at radius 3 is 2.49 bits per heavy atom. The number of aryl methyl sites for hydroxylation is 1. The highest BCUT2D eigenvalue weighted by molar-refractivity contribution is 7.27. The van der Waals surface area contributed by atoms with E-state index in [0.717, 1.165) is 79.1 Å². The highest BCUT2D eigenvalue weighted by Crippen LogP contribution is 2.24. The van der Waals surface area contributed by atoms with Gasteiger partial charge in [-0.25, -0.2) is 4.90 Å². The molecular weight excluding hydrogens is 559 g/mol. The van der Waals surface area contributed by atoms with Crippen LogP contribution < -0.4 is 5.30 Å². The Morgan fingerprint density at radius 2 is 1.84 bits per heavy atom. The predicted octanol–water partition coefficient (Wildman–Crippen LogP) is 6.99. The van der Waals surface area contributed by atoms with E-state index in [2.05, 4.69) is 36.6 Å². The van der Waals surface area contributed by atoms with Crippen LogP contribution in [0.3, 0.4) is 0 Å². The van der Waals surface area contributed by atoms with Crippen LogP contribution in [0, 0.1) is 5.92 Å². The Labute approximate surface area is 261 Å². The summed E-state index contributed by atoms with van der Waals surface area (Å²) in [6.45, 7) is 11.9. The van der Waals surface area contributed by atoms with Gasteiger partial charge < -0.3 is 14.4 Å². The molecule has 7 nitrogen and oxygen atoms in total. The van der Waals surface area contributed by atoms with Crippen LogP contribution in [0.5, 0.6) is 0 Å². The number of amides is 3. The third-order valence-corrected chi connectivity index (χ3v) is 8.86. The molecule has 2 rings (SSSR count). The van der Waals surface area contributed by atoms with Crippen molar-refractivity contribution in [1.29, 1.82) is 0 Å². The molecule has 1 aliphatic rings. The van der Waals surface area contributed by atoms with E-state index in [-0.39, 0.29) is 37.2 Å². The molecule has 0 bridgehead atoms. The normalized spacial score (nSPS) is 16.0. The van der Waals surface area contributed by atoms with Gasteiger partial charge in [0.1, 0.15) is 11.8 Å². The molecule has 3 unspecified atom stereocenters. The first kappa shape index (κ1) is 36.4. The number of imide groups is 1. The Bertz CT molecular complexity index is 1160. The van der Waals surface area contributed by atoms with Crippen molar-refractivity contribution < 1.29 is 23.9 Å². The molecule has 1 saturated heterocycles. The lowest BCUT2D eigenvalue weighted by molar-refractivity contribution is -0.157. The molecule has 3 atom stereocenters. The number of allylic oxidation sites excluding steroid dienone is 2. The number of Topliss-reactive ketones (excluding diaryl/α,β-unsaturated/α-hetero) is 1. The van der Waals surface area contributed by atoms with Crippen molar-refractivity contribution in [2.75, 3.05) is 13.8 Å². The lowest BCUT2D eigenvalue weighted by Crippen LogP contribution is -2.55. The van der Waals surface area contributed by atoms with Crippen LogP contribution in [0.1, 0.15) is 126 Å². The Hall–Kier alpha value is -2.79. The average molecular weight is 613 g/mol. The third kappa shape index (κ3) is 11.7. The largest absolute Gasteiger partial charge is 0.478 e. The summed E-state index contributed by atoms with van der Waals surface area (Å²) in [4.78, 5) is 53.8. The molecule has 1 aliphatic heterocycles. The molecule has 8 heteroatoms. The van der Waals surface area contributed by atoms with Crippen LogP contribution in [-0.2, 0) is 25.5 Å². The van der Waals surface area contributed by atoms with Gasteiger partial charge in [0.15, 0.2) is 6.73 Å². The first-order chi connectivity index (χ1) is 20.5. The minimum atomic E-state index is -0.754. The molecule has 238 valence electrons. The monoisotopic (exact) mass is 612 g/mol. The van der Waals surface area contributed by atoms with Crippen molar-refractivity contribution in [3.05, 3.63) is 47.2 Å². The van der Waals surface area contributed by atoms with Gasteiger partial charge in [-0.15, -0.1) is 9.24 Å². The number of likely N-dealkylation sites (N-methyl/N-ethyl adjacent to an activating group) is 1. The second-order valence-corrected chi connectivity index (χ2v) is 12.5. The molecule has 0 N–H and O–H groups in total. The highest BCUT2D eigenvalue weighted by Gasteiger charge is 2.39. The number of carbonyl (C=O) groups is 4. The number of piperidine rings is 1. The number of carbonyl (C=O) groups excluding carboxylic acids is 4. The van der Waals surface area contributed by atoms with E-state index in [1.165, 1.54) is 4.90 Å². The van der Waals surface area contributed by atoms with Crippen LogP contribution >= 0.6 is 9.24 Å². The molecule has 1 heterocycles. The number of unbranched alkanes of at least 4 members (excludes halogenated alkanes) is 3. The summed E-state index contributed by atoms with van der Waals surface area (Å²) in [7, 11) is 4.46. The van der Waals surface area contributed by atoms with Crippen molar-refractivity contribution >= 4 is 44.1 Å². The Balaban J connectivity index is 2.09. The van der Waals surface area contributed by atoms with Crippen molar-refractivity contribution in [1.82, 2.24) is 9.80 Å². The van der Waals surface area contributed by atoms with Gasteiger partial charge in [0, 0.05) is 31.9 Å². The smallest absolute Gasteiger partial charge is 0.254 e. The zero-order chi connectivity index (χ0) is 31.9. The van der Waals surface area contributed by atoms with E-state index in [1.54, 1.807) is 14.0 Å². The summed E-state index contributed by atoms with van der Waals surface area (Å²) in [6.07, 6.45) is 14.4. The number of hydrogen-bond acceptors (Lipinski definition) is 5. The second kappa shape index (κ2) is 18.8. The quantitative estimate of drug-likeness (QED) is 0.0728. The van der Waals surface area contributed by atoms with E-state index in [9.17, 15) is 19.2 Å². The number of rotatable bonds is 19. The zero-order valence-electron chi connectivity index (χ0n) is 27.1. The first-order valence-electron chi connectivity index (χ1n) is 16.0. The fourth-order valence-corrected chi connectivity index (χ4v) is 5.64. The molecular formula is C35H53N2O5P. The highest BCUT2D eigenvalue weighted by atomic mass is 31.0. The number of hydrogen-bond donors (Lipinski definition) is 0. The standard InChI is InChI=1S/C35H53N2O5P/c1-7-9-18-28-23-32(43)29(19-14-15-25(3)8-2)22-30(28)34(40)36(6)31-20-21-33(39)37(35(31)41)24-42-27(5)17-13-11-10-12-16-26(4)38/h9,18,22-23,25,31H,5,7-8,10-17,19-21,24,43H2,1-4,6H3/b18-9+. The lowest BCUT2D eigenvalue weighted by Gasteiger charge is -2.35. The fraction of sp³-hybridized carbons (Fsp3) is 0.600. The van der Waals surface area contributed by atoms with Gasteiger partial charge in [-0.1, -0.05) is 65.2 Å². The van der Waals surface area contributed by atoms with E-state index in [4.69, 9.17) is 4.74 Å². The SMILES string of the molecule is C=C(CCCCCCC(C)=O)OCN1C(=O)CCC(N(C)C(=O)c2cc(CCCC(C)CC)c(P)cc2/C=C/CC)C1=O. The Kier molecular flexibility index (Phi) is 15.9. The van der Waals surface area contributed by atoms with Crippen LogP contribution in [-0.4, -0.2) is 53.1 Å². The predicted molar refractivity (Wildman–Crippen MR) is 178 cm³/mol. The van der Waals surface area contributed by atoms with Crippen molar-refractivity contribution in [2.45, 2.75) is 117 Å². The van der Waals surface area contributed by atoms with Gasteiger partial charge >= 0.3 is 0 Å². The molecule has 1 aromatic carbocycles. The fourth-order valence-electron chi connectivity index (χ4n) is 5.23. The number of benzene rings is 1. The van der Waals surface area contributed by atoms with E-state index >= 15 is 0 Å². The third-order valence-electron chi connectivity index (χ3n) is 8.32. The molecule has 0 saturated carbocycles. The van der Waals surface area contributed by atoms with Gasteiger partial charge in [0.2, 0.25) is 5.91 Å². The average Bonchev–Trinajstić information content (AvgIpc) is 2.97. The van der Waals surface area contributed by atoms with Crippen LogP contribution in [0.15, 0.2) is 30.5 Å². The number of ketones is 1. The maximum absolute atomic E-state index is 13.9. The van der Waals surface area contributed by atoms with Crippen LogP contribution in [0.2, 0.25) is 0 Å². The summed E-state index contributed by atoms with van der Waals surface area (Å²) in [5.74, 6) is 0.432. The second-order valence-electron chi connectivity index (χ2n) is 11.9. The summed E-state index contributed by atoms with van der Waals surface area (Å²) in [5.41, 5.74) is 2.52. The molecule has 0 aromatic heterocycles. The van der Waals surface area contributed by atoms with Gasteiger partial charge in [-0.3, -0.25) is 14.4 Å². The van der Waals surface area contributed by atoms with E-state index < -0.39 is 11.9 Å². The summed E-state index contributed by atoms with van der Waals surface area (Å²) < 4.78 is 5.72. The minimum Gasteiger partial charge on any atom is -0.478 e. The maximum atomic E-state index is 13.9. The van der Waals surface area contributed by atoms with E-state index in [1.807, 2.05) is 24.3 Å². The Morgan fingerprint density at radius 1 is 1.14 bits per heavy atom. The van der Waals surface area contributed by atoms with Crippen molar-refractivity contribution in [3.63, 3.8) is 0 Å². The minimum absolute atomic E-state index is 0.161. The van der Waals surface area contributed by atoms with Gasteiger partial charge in [-0.05, 0) is 79.9 Å². The molecule has 1 aromatic rings. The number of likely N-dealkylation sites (tertiary alicyclic amines) is 1. The lowest BCUT2D eigenvalue weighted by atomic mass is 9.95. The number of nitrogens with zero attached hydrogens (tertiary/aromatic N) is 2. The molecule has 43 heavy (non-hydrogen) atoms. The van der Waals surface area contributed by atoms with Crippen molar-refractivity contribution in [2.24, 2.45) is 5.92 Å². The summed E-state index contributed by atoms with van der Waals surface area (Å²) in [5, 5.41) is 1.08. The maximum Gasteiger partial charge on any atom is 0.254 e. The van der Waals surface area contributed by atoms with Crippen molar-refractivity contribution in [3.8, 4) is 0 Å². The molecule has 0 aliphatic carbocycles. The first-order valence-corrected chi connectivity index (χ1v) is 16.6. The topological polar surface area (TPSA) is 84.0 Å². The van der Waals surface area contributed by atoms with Crippen LogP contribution in [0.25, 0.3) is 6.08 Å². The zero-order valence-corrected chi connectivity index (χ0v) is 28.2. The molecule has 0 radical (unpaired) electrons. The van der Waals surface area contributed by atoms with Gasteiger partial charge in [0.25, 0.3) is 11.8 Å². The molecule has 3 amide bonds. The summed E-state index contributed by atoms with van der Waals surface area (Å²) in [6, 6.07) is 3.27. The van der Waals surface area contributed by atoms with Gasteiger partial charge in [-0.2, -0.15) is 0 Å². The molecule has 0 spiro atoms. The number of ether oxygens (including phenoxy) is 1. The summed E-state index contributed by atoms with van der Waals surface area (Å²) >= 11 is 0.